The van der Waals surface area contributed by atoms with Gasteiger partial charge in [-0.25, -0.2) is 0 Å². The van der Waals surface area contributed by atoms with Crippen LogP contribution in [0.1, 0.15) is 5.01 Å². The van der Waals surface area contributed by atoms with Gasteiger partial charge in [-0.3, -0.25) is 0 Å². The zero-order chi connectivity index (χ0) is 10.8. The van der Waals surface area contributed by atoms with Crippen LogP contribution in [0, 0.1) is 6.92 Å². The number of nitrogens with zero attached hydrogens (tertiary/aromatic N) is 2. The number of aliphatic hydroxyl groups excluding tert-OH is 2. The maximum Gasteiger partial charge on any atom is 0.174 e. The van der Waals surface area contributed by atoms with Crippen LogP contribution in [0.3, 0.4) is 0 Å². The number of rotatable bonds is 3. The van der Waals surface area contributed by atoms with Crippen LogP contribution in [0.2, 0.25) is 0 Å². The van der Waals surface area contributed by atoms with E-state index in [-0.39, 0.29) is 12.7 Å². The number of ether oxygens (including phenoxy) is 1. The van der Waals surface area contributed by atoms with Crippen molar-refractivity contribution in [3.05, 3.63) is 5.01 Å². The summed E-state index contributed by atoms with van der Waals surface area (Å²) < 4.78 is 6.11. The Morgan fingerprint density at radius 3 is 2.87 bits per heavy atom. The van der Waals surface area contributed by atoms with Gasteiger partial charge < -0.3 is 14.9 Å². The Balaban J connectivity index is 1.83. The normalized spacial score (nSPS) is 31.0. The van der Waals surface area contributed by atoms with Gasteiger partial charge in [0.15, 0.2) is 4.34 Å². The molecule has 1 saturated heterocycles. The van der Waals surface area contributed by atoms with E-state index in [0.29, 0.717) is 5.75 Å². The van der Waals surface area contributed by atoms with Crippen LogP contribution in [0.25, 0.3) is 0 Å². The number of hydrogen-bond donors (Lipinski definition) is 2. The molecule has 1 aliphatic heterocycles. The molecule has 5 nitrogen and oxygen atoms in total. The van der Waals surface area contributed by atoms with Gasteiger partial charge in [0.25, 0.3) is 0 Å². The zero-order valence-corrected chi connectivity index (χ0v) is 9.79. The fourth-order valence-corrected chi connectivity index (χ4v) is 3.22. The fourth-order valence-electron chi connectivity index (χ4n) is 1.30. The van der Waals surface area contributed by atoms with Gasteiger partial charge in [0.2, 0.25) is 0 Å². The van der Waals surface area contributed by atoms with Crippen molar-refractivity contribution in [2.75, 3.05) is 12.4 Å². The molecule has 1 fully saturated rings. The summed E-state index contributed by atoms with van der Waals surface area (Å²) in [7, 11) is 0. The van der Waals surface area contributed by atoms with Crippen molar-refractivity contribution >= 4 is 23.1 Å². The molecule has 0 spiro atoms. The molecular formula is C8H12N2O3S2. The number of aliphatic hydroxyl groups is 2. The Morgan fingerprint density at radius 1 is 1.53 bits per heavy atom. The lowest BCUT2D eigenvalue weighted by Crippen LogP contribution is -2.31. The predicted molar refractivity (Wildman–Crippen MR) is 57.1 cm³/mol. The van der Waals surface area contributed by atoms with Crippen LogP contribution >= 0.6 is 23.1 Å². The van der Waals surface area contributed by atoms with Gasteiger partial charge in [0.05, 0.1) is 12.7 Å². The first-order chi connectivity index (χ1) is 7.16. The van der Waals surface area contributed by atoms with Crippen molar-refractivity contribution in [2.24, 2.45) is 0 Å². The van der Waals surface area contributed by atoms with E-state index < -0.39 is 12.2 Å². The van der Waals surface area contributed by atoms with E-state index in [0.717, 1.165) is 9.35 Å². The summed E-state index contributed by atoms with van der Waals surface area (Å²) in [4.78, 5) is 0. The molecule has 0 amide bonds. The van der Waals surface area contributed by atoms with E-state index >= 15 is 0 Å². The monoisotopic (exact) mass is 248 g/mol. The largest absolute Gasteiger partial charge is 0.388 e. The second-order valence-electron chi connectivity index (χ2n) is 3.33. The molecule has 3 atom stereocenters. The molecular weight excluding hydrogens is 236 g/mol. The number of aromatic nitrogens is 2. The van der Waals surface area contributed by atoms with Gasteiger partial charge in [-0.05, 0) is 6.92 Å². The molecule has 2 rings (SSSR count). The number of aryl methyl sites for hydroxylation is 1. The van der Waals surface area contributed by atoms with Crippen LogP contribution in [0.5, 0.6) is 0 Å². The van der Waals surface area contributed by atoms with Gasteiger partial charge in [-0.2, -0.15) is 0 Å². The summed E-state index contributed by atoms with van der Waals surface area (Å²) >= 11 is 3.01. The average molecular weight is 248 g/mol. The van der Waals surface area contributed by atoms with Crippen molar-refractivity contribution in [1.82, 2.24) is 10.2 Å². The van der Waals surface area contributed by atoms with Crippen molar-refractivity contribution in [3.8, 4) is 0 Å². The lowest BCUT2D eigenvalue weighted by Gasteiger charge is -2.12. The quantitative estimate of drug-likeness (QED) is 0.737. The van der Waals surface area contributed by atoms with E-state index in [9.17, 15) is 10.2 Å². The van der Waals surface area contributed by atoms with Crippen molar-refractivity contribution in [3.63, 3.8) is 0 Å². The summed E-state index contributed by atoms with van der Waals surface area (Å²) in [5, 5.41) is 27.5. The Bertz CT molecular complexity index is 333. The van der Waals surface area contributed by atoms with Crippen molar-refractivity contribution in [2.45, 2.75) is 29.6 Å². The molecule has 1 aromatic heterocycles. The molecule has 0 saturated carbocycles. The molecule has 15 heavy (non-hydrogen) atoms. The number of hydrogen-bond acceptors (Lipinski definition) is 7. The Labute approximate surface area is 95.5 Å². The van der Waals surface area contributed by atoms with Crippen LogP contribution < -0.4 is 0 Å². The first-order valence-electron chi connectivity index (χ1n) is 4.57. The third-order valence-corrected chi connectivity index (χ3v) is 4.20. The van der Waals surface area contributed by atoms with Gasteiger partial charge in [0.1, 0.15) is 17.2 Å². The third kappa shape index (κ3) is 2.67. The van der Waals surface area contributed by atoms with E-state index in [2.05, 4.69) is 10.2 Å². The minimum atomic E-state index is -0.786. The summed E-state index contributed by atoms with van der Waals surface area (Å²) in [6.07, 6.45) is -1.85. The second-order valence-corrected chi connectivity index (χ2v) is 5.78. The Morgan fingerprint density at radius 2 is 2.33 bits per heavy atom. The van der Waals surface area contributed by atoms with E-state index in [1.165, 1.54) is 23.1 Å². The van der Waals surface area contributed by atoms with Crippen LogP contribution in [0.15, 0.2) is 4.34 Å². The maximum absolute atomic E-state index is 9.52. The topological polar surface area (TPSA) is 75.5 Å². The predicted octanol–water partition coefficient (Wildman–Crippen LogP) is 0.0592. The molecule has 84 valence electrons. The first-order valence-corrected chi connectivity index (χ1v) is 6.37. The van der Waals surface area contributed by atoms with Crippen LogP contribution in [-0.4, -0.2) is 51.1 Å². The van der Waals surface area contributed by atoms with E-state index in [1.807, 2.05) is 6.92 Å². The molecule has 2 N–H and O–H groups in total. The lowest BCUT2D eigenvalue weighted by molar-refractivity contribution is 0.0337. The van der Waals surface area contributed by atoms with Crippen molar-refractivity contribution in [1.29, 1.82) is 0 Å². The van der Waals surface area contributed by atoms with E-state index in [1.54, 1.807) is 0 Å². The molecule has 1 aliphatic rings. The summed E-state index contributed by atoms with van der Waals surface area (Å²) in [5.41, 5.74) is 0. The van der Waals surface area contributed by atoms with Gasteiger partial charge in [-0.1, -0.05) is 23.1 Å². The van der Waals surface area contributed by atoms with Crippen LogP contribution in [-0.2, 0) is 4.74 Å². The maximum atomic E-state index is 9.52. The van der Waals surface area contributed by atoms with Gasteiger partial charge in [0, 0.05) is 5.75 Å². The third-order valence-electron chi connectivity index (χ3n) is 2.13. The smallest absolute Gasteiger partial charge is 0.174 e. The molecule has 7 heteroatoms. The lowest BCUT2D eigenvalue weighted by atomic mass is 10.2. The minimum Gasteiger partial charge on any atom is -0.388 e. The molecule has 0 bridgehead atoms. The molecule has 0 radical (unpaired) electrons. The summed E-state index contributed by atoms with van der Waals surface area (Å²) in [6, 6.07) is 0. The highest BCUT2D eigenvalue weighted by molar-refractivity contribution is 8.01. The first kappa shape index (κ1) is 11.3. The Hall–Kier alpha value is -0.210. The minimum absolute atomic E-state index is 0.210. The standard InChI is InChI=1S/C8H12N2O3S2/c1-4-9-10-8(15-4)14-3-6-7(12)5(11)2-13-6/h5-7,11-12H,2-3H2,1H3. The molecule has 1 aromatic rings. The molecule has 3 unspecified atom stereocenters. The highest BCUT2D eigenvalue weighted by atomic mass is 32.2. The fraction of sp³-hybridized carbons (Fsp3) is 0.750. The zero-order valence-electron chi connectivity index (χ0n) is 8.16. The second kappa shape index (κ2) is 4.75. The molecule has 0 aromatic carbocycles. The number of thioether (sulfide) groups is 1. The highest BCUT2D eigenvalue weighted by Gasteiger charge is 2.34. The molecule has 2 heterocycles. The van der Waals surface area contributed by atoms with Gasteiger partial charge in [-0.15, -0.1) is 10.2 Å². The summed E-state index contributed by atoms with van der Waals surface area (Å²) in [6.45, 7) is 2.11. The Kier molecular flexibility index (Phi) is 3.57. The van der Waals surface area contributed by atoms with Crippen LogP contribution in [0.4, 0.5) is 0 Å². The summed E-state index contributed by atoms with van der Waals surface area (Å²) in [5.74, 6) is 0.590. The highest BCUT2D eigenvalue weighted by Crippen LogP contribution is 2.26. The SMILES string of the molecule is Cc1nnc(SCC2OCC(O)C2O)s1. The molecule has 0 aliphatic carbocycles. The van der Waals surface area contributed by atoms with E-state index in [4.69, 9.17) is 4.74 Å². The average Bonchev–Trinajstić information content (AvgIpc) is 2.74. The van der Waals surface area contributed by atoms with Gasteiger partial charge >= 0.3 is 0 Å². The van der Waals surface area contributed by atoms with Crippen molar-refractivity contribution < 1.29 is 14.9 Å².